The molecule has 1 fully saturated rings. The van der Waals surface area contributed by atoms with E-state index in [-0.39, 0.29) is 39.4 Å². The molecule has 0 bridgehead atoms. The SMILES string of the molecule is Cc1cc(SCC2=C(C(=O)O)N3C(=O)[C@@H](NC(=O)/C(=N\OC(C(=O)O)c4cc(O)c(O)c(O)c4)c4csc(N)n4)[C@H]3SC2)n2nc(C(=O)O)nc2n1. The molecule has 52 heavy (non-hydrogen) atoms. The number of hydrogen-bond acceptors (Lipinski definition) is 18. The number of aromatic hydroxyl groups is 3. The molecule has 6 rings (SSSR count). The van der Waals surface area contributed by atoms with Gasteiger partial charge in [0.2, 0.25) is 6.10 Å². The number of oxime groups is 1. The number of fused-ring (bicyclic) bond motifs is 2. The summed E-state index contributed by atoms with van der Waals surface area (Å²) in [5, 5.41) is 69.4. The first-order valence-electron chi connectivity index (χ1n) is 14.4. The van der Waals surface area contributed by atoms with Gasteiger partial charge in [-0.2, -0.15) is 9.50 Å². The molecule has 5 heterocycles. The van der Waals surface area contributed by atoms with Gasteiger partial charge in [0, 0.05) is 28.1 Å². The summed E-state index contributed by atoms with van der Waals surface area (Å²) in [6, 6.07) is 1.97. The Hall–Kier alpha value is -6.14. The molecular weight excluding hydrogens is 751 g/mol. The average Bonchev–Trinajstić information content (AvgIpc) is 3.72. The number of amides is 2. The van der Waals surface area contributed by atoms with Crippen LogP contribution in [-0.4, -0.2) is 118 Å². The van der Waals surface area contributed by atoms with Crippen LogP contribution in [0.15, 0.2) is 45.0 Å². The van der Waals surface area contributed by atoms with Gasteiger partial charge >= 0.3 is 17.9 Å². The van der Waals surface area contributed by atoms with Crippen molar-refractivity contribution >= 4 is 81.2 Å². The third-order valence-electron chi connectivity index (χ3n) is 7.38. The molecule has 24 heteroatoms. The van der Waals surface area contributed by atoms with E-state index in [1.807, 2.05) is 0 Å². The Kier molecular flexibility index (Phi) is 9.52. The van der Waals surface area contributed by atoms with Gasteiger partial charge in [0.25, 0.3) is 23.4 Å². The maximum atomic E-state index is 13.5. The Morgan fingerprint density at radius 1 is 1.10 bits per heavy atom. The number of benzene rings is 1. The molecule has 270 valence electrons. The Bertz CT molecular complexity index is 2230. The van der Waals surface area contributed by atoms with Crippen molar-refractivity contribution in [1.82, 2.24) is 34.8 Å². The molecule has 1 unspecified atom stereocenters. The largest absolute Gasteiger partial charge is 0.504 e. The summed E-state index contributed by atoms with van der Waals surface area (Å²) in [7, 11) is 0. The van der Waals surface area contributed by atoms with Gasteiger partial charge in [-0.25, -0.2) is 24.4 Å². The van der Waals surface area contributed by atoms with Crippen LogP contribution >= 0.6 is 34.9 Å². The highest BCUT2D eigenvalue weighted by Crippen LogP contribution is 2.42. The minimum Gasteiger partial charge on any atom is -0.504 e. The molecule has 0 spiro atoms. The average molecular weight is 774 g/mol. The molecule has 4 aromatic rings. The number of anilines is 1. The number of carbonyl (C=O) groups is 5. The number of aromatic nitrogens is 5. The van der Waals surface area contributed by atoms with Crippen LogP contribution < -0.4 is 11.1 Å². The summed E-state index contributed by atoms with van der Waals surface area (Å²) in [6.45, 7) is 1.67. The van der Waals surface area contributed by atoms with Crippen molar-refractivity contribution in [3.63, 3.8) is 0 Å². The van der Waals surface area contributed by atoms with Crippen molar-refractivity contribution in [3.8, 4) is 17.2 Å². The third kappa shape index (κ3) is 6.68. The number of aryl methyl sites for hydroxylation is 1. The fourth-order valence-corrected chi connectivity index (χ4v) is 8.13. The van der Waals surface area contributed by atoms with E-state index in [2.05, 4.69) is 30.5 Å². The zero-order chi connectivity index (χ0) is 37.6. The lowest BCUT2D eigenvalue weighted by Crippen LogP contribution is -2.71. The van der Waals surface area contributed by atoms with Crippen molar-refractivity contribution in [3.05, 3.63) is 57.6 Å². The standard InChI is InChI=1S/C28H23N9O12S3/c1-8-2-14(37-28(30-8)33-20(34-37)26(47)48)50-5-10-6-51-23-16(22(42)36(23)17(10)24(43)44)32-21(41)15(11-7-52-27(29)31-11)35-49-19(25(45)46)9-3-12(38)18(40)13(39)4-9/h2-4,7,16,19,23,38-40H,5-6H2,1H3,(H2,29,31)(H,32,41)(H,43,44)(H,45,46)(H,47,48)/b35-15-/t16-,19?,23-/m1/s1. The van der Waals surface area contributed by atoms with Crippen LogP contribution in [0.1, 0.15) is 33.7 Å². The first-order valence-corrected chi connectivity index (χ1v) is 17.3. The predicted molar refractivity (Wildman–Crippen MR) is 179 cm³/mol. The van der Waals surface area contributed by atoms with E-state index in [4.69, 9.17) is 10.6 Å². The van der Waals surface area contributed by atoms with Gasteiger partial charge in [0.05, 0.1) is 0 Å². The van der Waals surface area contributed by atoms with Crippen molar-refractivity contribution in [1.29, 1.82) is 0 Å². The number of thiazole rings is 1. The quantitative estimate of drug-likeness (QED) is 0.0241. The Morgan fingerprint density at radius 3 is 2.42 bits per heavy atom. The number of phenols is 3. The second-order valence-corrected chi connectivity index (χ2v) is 13.8. The Balaban J connectivity index is 1.22. The molecule has 3 aromatic heterocycles. The highest BCUT2D eigenvalue weighted by molar-refractivity contribution is 8.01. The molecule has 21 nitrogen and oxygen atoms in total. The number of rotatable bonds is 12. The van der Waals surface area contributed by atoms with Crippen molar-refractivity contribution in [2.45, 2.75) is 29.5 Å². The number of aliphatic carboxylic acids is 2. The van der Waals surface area contributed by atoms with Crippen LogP contribution in [0.5, 0.6) is 17.2 Å². The number of hydrogen-bond donors (Lipinski definition) is 8. The summed E-state index contributed by atoms with van der Waals surface area (Å²) in [5.74, 6) is -9.13. The van der Waals surface area contributed by atoms with Crippen LogP contribution in [0.2, 0.25) is 0 Å². The number of phenolic OH excluding ortho intramolecular Hbond substituents is 3. The van der Waals surface area contributed by atoms with Crippen molar-refractivity contribution in [2.24, 2.45) is 5.16 Å². The van der Waals surface area contributed by atoms with Gasteiger partial charge in [0.1, 0.15) is 27.8 Å². The highest BCUT2D eigenvalue weighted by atomic mass is 32.2. The normalized spacial score (nSPS) is 17.8. The van der Waals surface area contributed by atoms with Gasteiger partial charge in [-0.1, -0.05) is 5.16 Å². The smallest absolute Gasteiger partial charge is 0.375 e. The van der Waals surface area contributed by atoms with Crippen LogP contribution in [-0.2, 0) is 24.0 Å². The van der Waals surface area contributed by atoms with E-state index in [9.17, 15) is 54.6 Å². The topological polar surface area (TPSA) is 326 Å². The molecule has 0 saturated carbocycles. The third-order valence-corrected chi connectivity index (χ3v) is 10.5. The number of nitrogens with two attached hydrogens (primary N) is 1. The summed E-state index contributed by atoms with van der Waals surface area (Å²) in [5.41, 5.74) is 5.16. The Morgan fingerprint density at radius 2 is 1.81 bits per heavy atom. The number of carboxylic acid groups (broad SMARTS) is 3. The monoisotopic (exact) mass is 773 g/mol. The summed E-state index contributed by atoms with van der Waals surface area (Å²) < 4.78 is 1.22. The van der Waals surface area contributed by atoms with Gasteiger partial charge in [-0.15, -0.1) is 40.0 Å². The molecular formula is C28H23N9O12S3. The van der Waals surface area contributed by atoms with E-state index < -0.39 is 76.0 Å². The highest BCUT2D eigenvalue weighted by Gasteiger charge is 2.54. The molecule has 1 saturated heterocycles. The van der Waals surface area contributed by atoms with E-state index >= 15 is 0 Å². The number of carbonyl (C=O) groups excluding carboxylic acids is 2. The number of thioether (sulfide) groups is 2. The van der Waals surface area contributed by atoms with Crippen LogP contribution in [0.4, 0.5) is 5.13 Å². The number of nitrogen functional groups attached to an aromatic ring is 1. The second-order valence-electron chi connectivity index (χ2n) is 10.8. The van der Waals surface area contributed by atoms with Gasteiger partial charge in [-0.3, -0.25) is 14.5 Å². The lowest BCUT2D eigenvalue weighted by Gasteiger charge is -2.49. The number of nitrogens with one attached hydrogen (secondary N) is 1. The first-order chi connectivity index (χ1) is 24.6. The predicted octanol–water partition coefficient (Wildman–Crippen LogP) is 0.364. The number of nitrogens with zero attached hydrogens (tertiary/aromatic N) is 7. The second kappa shape index (κ2) is 13.9. The maximum Gasteiger partial charge on any atom is 0.375 e. The van der Waals surface area contributed by atoms with Crippen LogP contribution in [0.3, 0.4) is 0 Å². The Labute approximate surface area is 301 Å². The summed E-state index contributed by atoms with van der Waals surface area (Å²) in [6.07, 6.45) is -2.01. The molecule has 2 amide bonds. The van der Waals surface area contributed by atoms with Crippen LogP contribution in [0, 0.1) is 6.92 Å². The van der Waals surface area contributed by atoms with E-state index in [1.54, 1.807) is 13.0 Å². The van der Waals surface area contributed by atoms with Crippen molar-refractivity contribution < 1.29 is 59.4 Å². The van der Waals surface area contributed by atoms with Crippen molar-refractivity contribution in [2.75, 3.05) is 17.2 Å². The summed E-state index contributed by atoms with van der Waals surface area (Å²) in [4.78, 5) is 81.0. The zero-order valence-corrected chi connectivity index (χ0v) is 28.5. The first kappa shape index (κ1) is 35.7. The van der Waals surface area contributed by atoms with Gasteiger partial charge in [0.15, 0.2) is 28.1 Å². The molecule has 0 radical (unpaired) electrons. The number of β-lactam (4-membered cyclic amide) rings is 1. The minimum atomic E-state index is -2.01. The fourth-order valence-electron chi connectivity index (χ4n) is 5.04. The molecule has 9 N–H and O–H groups in total. The van der Waals surface area contributed by atoms with Crippen LogP contribution in [0.25, 0.3) is 5.78 Å². The molecule has 3 atom stereocenters. The lowest BCUT2D eigenvalue weighted by atomic mass is 10.0. The molecule has 0 aliphatic carbocycles. The summed E-state index contributed by atoms with van der Waals surface area (Å²) >= 11 is 3.20. The van der Waals surface area contributed by atoms with Gasteiger partial charge in [-0.05, 0) is 30.7 Å². The molecule has 2 aliphatic heterocycles. The minimum absolute atomic E-state index is 0.00263. The molecule has 2 aliphatic rings. The van der Waals surface area contributed by atoms with E-state index in [1.165, 1.54) is 9.90 Å². The van der Waals surface area contributed by atoms with E-state index in [0.717, 1.165) is 51.9 Å². The number of carboxylic acids is 3. The maximum absolute atomic E-state index is 13.5. The zero-order valence-electron chi connectivity index (χ0n) is 26.0. The van der Waals surface area contributed by atoms with E-state index in [0.29, 0.717) is 16.3 Å². The number of aromatic carboxylic acids is 1. The lowest BCUT2D eigenvalue weighted by molar-refractivity contribution is -0.151. The molecule has 1 aromatic carbocycles. The fraction of sp³-hybridized carbons (Fsp3) is 0.214. The van der Waals surface area contributed by atoms with Gasteiger partial charge < -0.3 is 46.5 Å².